The first kappa shape index (κ1) is 29.9. The predicted octanol–water partition coefficient (Wildman–Crippen LogP) is 12.7. The Labute approximate surface area is 304 Å². The number of hydrogen-bond donors (Lipinski definition) is 0. The molecule has 2 aliphatic carbocycles. The van der Waals surface area contributed by atoms with E-state index in [9.17, 15) is 5.26 Å². The Morgan fingerprint density at radius 1 is 0.365 bits per heavy atom. The van der Waals surface area contributed by atoms with Crippen molar-refractivity contribution in [2.75, 3.05) is 4.90 Å². The highest BCUT2D eigenvalue weighted by Crippen LogP contribution is 2.64. The zero-order chi connectivity index (χ0) is 34.6. The molecule has 0 aliphatic heterocycles. The number of benzene rings is 8. The summed E-state index contributed by atoms with van der Waals surface area (Å²) in [6.45, 7) is 0. The van der Waals surface area contributed by atoms with Gasteiger partial charge in [-0.25, -0.2) is 0 Å². The molecule has 0 radical (unpaired) electrons. The molecule has 0 amide bonds. The number of rotatable bonds is 5. The van der Waals surface area contributed by atoms with E-state index < -0.39 is 5.41 Å². The van der Waals surface area contributed by atoms with Crippen LogP contribution >= 0.6 is 0 Å². The largest absolute Gasteiger partial charge is 0.310 e. The summed E-state index contributed by atoms with van der Waals surface area (Å²) in [6.07, 6.45) is 0. The SMILES string of the molecule is N#Cc1cc(-c2ccccc2-c2ccccc2N(c2ccccc2)c2ccccc2)c2c(c1)C1(c3ccccc3-c3ccccc31)c1ccccc1-2. The first-order chi connectivity index (χ1) is 25.8. The lowest BCUT2D eigenvalue weighted by molar-refractivity contribution is 0.793. The zero-order valence-electron chi connectivity index (χ0n) is 28.4. The van der Waals surface area contributed by atoms with Crippen molar-refractivity contribution in [3.05, 3.63) is 222 Å². The van der Waals surface area contributed by atoms with Gasteiger partial charge in [-0.1, -0.05) is 152 Å². The zero-order valence-corrected chi connectivity index (χ0v) is 28.4. The predicted molar refractivity (Wildman–Crippen MR) is 213 cm³/mol. The molecule has 0 N–H and O–H groups in total. The standard InChI is InChI=1S/C50H32N2/c51-33-34-31-43(49-42-26-11-15-29-46(42)50(47(49)32-34)44-27-13-9-23-39(44)40-24-10-14-28-45(40)50)38-22-8-7-21-37(38)41-25-12-16-30-48(41)52(35-17-3-1-4-18-35)36-19-5-2-6-20-36/h1-32H. The minimum atomic E-state index is -0.537. The maximum Gasteiger partial charge on any atom is 0.0991 e. The van der Waals surface area contributed by atoms with E-state index >= 15 is 0 Å². The fourth-order valence-corrected chi connectivity index (χ4v) is 8.92. The number of fused-ring (bicyclic) bond motifs is 10. The lowest BCUT2D eigenvalue weighted by Crippen LogP contribution is -2.26. The molecule has 0 saturated carbocycles. The van der Waals surface area contributed by atoms with Gasteiger partial charge in [-0.15, -0.1) is 0 Å². The first-order valence-electron chi connectivity index (χ1n) is 17.8. The lowest BCUT2D eigenvalue weighted by Gasteiger charge is -2.31. The van der Waals surface area contributed by atoms with Crippen LogP contribution in [-0.4, -0.2) is 0 Å². The van der Waals surface area contributed by atoms with Crippen molar-refractivity contribution < 1.29 is 0 Å². The van der Waals surface area contributed by atoms with Crippen molar-refractivity contribution in [2.24, 2.45) is 0 Å². The van der Waals surface area contributed by atoms with Crippen LogP contribution in [0.25, 0.3) is 44.5 Å². The second-order valence-corrected chi connectivity index (χ2v) is 13.5. The molecule has 0 heterocycles. The highest BCUT2D eigenvalue weighted by atomic mass is 15.1. The third-order valence-electron chi connectivity index (χ3n) is 10.9. The molecule has 2 aliphatic rings. The molecule has 242 valence electrons. The second-order valence-electron chi connectivity index (χ2n) is 13.5. The van der Waals surface area contributed by atoms with Crippen molar-refractivity contribution in [3.63, 3.8) is 0 Å². The normalized spacial score (nSPS) is 12.8. The van der Waals surface area contributed by atoms with Crippen LogP contribution < -0.4 is 4.90 Å². The molecule has 0 aromatic heterocycles. The summed E-state index contributed by atoms with van der Waals surface area (Å²) < 4.78 is 0. The molecule has 8 aromatic carbocycles. The van der Waals surface area contributed by atoms with Crippen molar-refractivity contribution in [2.45, 2.75) is 5.41 Å². The maximum absolute atomic E-state index is 10.7. The Kier molecular flexibility index (Phi) is 6.81. The van der Waals surface area contributed by atoms with Gasteiger partial charge in [-0.05, 0) is 104 Å². The van der Waals surface area contributed by atoms with Gasteiger partial charge in [0.2, 0.25) is 0 Å². The molecule has 0 unspecified atom stereocenters. The fraction of sp³-hybridized carbons (Fsp3) is 0.0200. The Morgan fingerprint density at radius 3 is 1.35 bits per heavy atom. The number of nitriles is 1. The van der Waals surface area contributed by atoms with Crippen LogP contribution in [0.3, 0.4) is 0 Å². The van der Waals surface area contributed by atoms with Crippen LogP contribution in [0.4, 0.5) is 17.1 Å². The third-order valence-corrected chi connectivity index (χ3v) is 10.9. The van der Waals surface area contributed by atoms with Crippen LogP contribution in [0.5, 0.6) is 0 Å². The highest BCUT2D eigenvalue weighted by Gasteiger charge is 2.52. The summed E-state index contributed by atoms with van der Waals surface area (Å²) in [6, 6.07) is 71.8. The van der Waals surface area contributed by atoms with E-state index in [0.717, 1.165) is 39.3 Å². The van der Waals surface area contributed by atoms with Crippen molar-refractivity contribution in [1.82, 2.24) is 0 Å². The van der Waals surface area contributed by atoms with Crippen LogP contribution in [0.1, 0.15) is 27.8 Å². The number of hydrogen-bond acceptors (Lipinski definition) is 2. The maximum atomic E-state index is 10.7. The van der Waals surface area contributed by atoms with Crippen LogP contribution in [0.15, 0.2) is 194 Å². The summed E-state index contributed by atoms with van der Waals surface area (Å²) in [5, 5.41) is 10.7. The molecule has 0 atom stereocenters. The molecule has 8 aromatic rings. The van der Waals surface area contributed by atoms with Gasteiger partial charge in [0.25, 0.3) is 0 Å². The van der Waals surface area contributed by atoms with E-state index in [0.29, 0.717) is 5.56 Å². The van der Waals surface area contributed by atoms with E-state index in [2.05, 4.69) is 205 Å². The molecule has 52 heavy (non-hydrogen) atoms. The van der Waals surface area contributed by atoms with Gasteiger partial charge in [0.05, 0.1) is 22.7 Å². The van der Waals surface area contributed by atoms with Crippen molar-refractivity contribution in [1.29, 1.82) is 5.26 Å². The van der Waals surface area contributed by atoms with Gasteiger partial charge in [-0.2, -0.15) is 5.26 Å². The molecule has 1 spiro atoms. The first-order valence-corrected chi connectivity index (χ1v) is 17.8. The highest BCUT2D eigenvalue weighted by molar-refractivity contribution is 6.03. The summed E-state index contributed by atoms with van der Waals surface area (Å²) in [5.74, 6) is 0. The second kappa shape index (κ2) is 11.8. The minimum absolute atomic E-state index is 0.537. The molecule has 0 bridgehead atoms. The summed E-state index contributed by atoms with van der Waals surface area (Å²) >= 11 is 0. The smallest absolute Gasteiger partial charge is 0.0991 e. The average molecular weight is 661 g/mol. The van der Waals surface area contributed by atoms with Crippen LogP contribution in [0, 0.1) is 11.3 Å². The van der Waals surface area contributed by atoms with Gasteiger partial charge in [-0.3, -0.25) is 0 Å². The minimum Gasteiger partial charge on any atom is -0.310 e. The Bertz CT molecular complexity index is 2620. The molecular weight excluding hydrogens is 629 g/mol. The fourth-order valence-electron chi connectivity index (χ4n) is 8.92. The summed E-state index contributed by atoms with van der Waals surface area (Å²) in [5.41, 5.74) is 17.6. The van der Waals surface area contributed by atoms with Gasteiger partial charge in [0, 0.05) is 16.9 Å². The topological polar surface area (TPSA) is 27.0 Å². The summed E-state index contributed by atoms with van der Waals surface area (Å²) in [4.78, 5) is 2.33. The van der Waals surface area contributed by atoms with Gasteiger partial charge in [0.1, 0.15) is 0 Å². The third kappa shape index (κ3) is 4.24. The molecule has 2 heteroatoms. The van der Waals surface area contributed by atoms with E-state index in [1.54, 1.807) is 0 Å². The number of para-hydroxylation sites is 3. The Balaban J connectivity index is 1.27. The van der Waals surface area contributed by atoms with Crippen LogP contribution in [-0.2, 0) is 5.41 Å². The van der Waals surface area contributed by atoms with Crippen LogP contribution in [0.2, 0.25) is 0 Å². The molecule has 10 rings (SSSR count). The van der Waals surface area contributed by atoms with Crippen molar-refractivity contribution in [3.8, 4) is 50.6 Å². The number of anilines is 3. The van der Waals surface area contributed by atoms with E-state index in [1.807, 2.05) is 0 Å². The van der Waals surface area contributed by atoms with Gasteiger partial charge >= 0.3 is 0 Å². The summed E-state index contributed by atoms with van der Waals surface area (Å²) in [7, 11) is 0. The molecule has 2 nitrogen and oxygen atoms in total. The van der Waals surface area contributed by atoms with E-state index in [-0.39, 0.29) is 0 Å². The Hall–Kier alpha value is -6.95. The van der Waals surface area contributed by atoms with E-state index in [1.165, 1.54) is 44.5 Å². The van der Waals surface area contributed by atoms with Gasteiger partial charge in [0.15, 0.2) is 0 Å². The number of nitrogens with zero attached hydrogens (tertiary/aromatic N) is 2. The molecular formula is C50H32N2. The lowest BCUT2D eigenvalue weighted by atomic mass is 9.70. The molecule has 0 saturated heterocycles. The van der Waals surface area contributed by atoms with Gasteiger partial charge < -0.3 is 4.90 Å². The average Bonchev–Trinajstić information content (AvgIpc) is 3.69. The van der Waals surface area contributed by atoms with E-state index in [4.69, 9.17) is 0 Å². The molecule has 0 fully saturated rings. The quantitative estimate of drug-likeness (QED) is 0.184. The Morgan fingerprint density at radius 2 is 0.788 bits per heavy atom. The monoisotopic (exact) mass is 660 g/mol. The van der Waals surface area contributed by atoms with Crippen molar-refractivity contribution >= 4 is 17.1 Å².